The second-order valence-electron chi connectivity index (χ2n) is 7.83. The molecule has 4 aromatic carbocycles. The maximum absolute atomic E-state index is 13.3. The van der Waals surface area contributed by atoms with Gasteiger partial charge in [0, 0.05) is 18.0 Å². The van der Waals surface area contributed by atoms with E-state index in [9.17, 15) is 9.59 Å². The average molecular weight is 409 g/mol. The monoisotopic (exact) mass is 409 g/mol. The van der Waals surface area contributed by atoms with E-state index in [1.54, 1.807) is 11.8 Å². The largest absolute Gasteiger partial charge is 0.465 e. The lowest BCUT2D eigenvalue weighted by Gasteiger charge is -2.35. The molecule has 0 radical (unpaired) electrons. The van der Waals surface area contributed by atoms with Crippen molar-refractivity contribution in [1.29, 1.82) is 0 Å². The van der Waals surface area contributed by atoms with Gasteiger partial charge in [-0.1, -0.05) is 72.8 Å². The zero-order valence-corrected chi connectivity index (χ0v) is 17.4. The van der Waals surface area contributed by atoms with Crippen molar-refractivity contribution in [2.75, 3.05) is 18.1 Å². The first-order chi connectivity index (χ1) is 15.2. The van der Waals surface area contributed by atoms with Gasteiger partial charge in [0.2, 0.25) is 5.91 Å². The molecule has 0 aliphatic carbocycles. The molecule has 0 saturated carbocycles. The first-order valence-corrected chi connectivity index (χ1v) is 10.6. The first kappa shape index (κ1) is 19.3. The molecule has 0 aromatic heterocycles. The molecule has 31 heavy (non-hydrogen) atoms. The van der Waals surface area contributed by atoms with Gasteiger partial charge in [-0.15, -0.1) is 0 Å². The Bertz CT molecular complexity index is 1310. The maximum Gasteiger partial charge on any atom is 0.326 e. The van der Waals surface area contributed by atoms with E-state index in [0.717, 1.165) is 38.4 Å². The molecular formula is C27H23NO3. The lowest BCUT2D eigenvalue weighted by atomic mass is 9.79. The molecule has 0 N–H and O–H groups in total. The number of ether oxygens (including phenoxy) is 1. The molecule has 4 heteroatoms. The third kappa shape index (κ3) is 3.34. The molecule has 1 aliphatic rings. The second kappa shape index (κ2) is 7.88. The average Bonchev–Trinajstić information content (AvgIpc) is 2.80. The second-order valence-corrected chi connectivity index (χ2v) is 7.83. The van der Waals surface area contributed by atoms with Crippen LogP contribution in [0.3, 0.4) is 0 Å². The number of hydrogen-bond donors (Lipinski definition) is 0. The van der Waals surface area contributed by atoms with E-state index in [-0.39, 0.29) is 18.4 Å². The standard InChI is InChI=1S/C27H23NO3/c1-2-31-26(30)17-28-24-15-14-19-9-4-6-12-21(19)27(24)23(16-25(28)29)22-13-7-10-18-8-3-5-11-20(18)22/h3-15,23H,2,16-17H2,1H3. The Morgan fingerprint density at radius 2 is 1.58 bits per heavy atom. The molecule has 1 unspecified atom stereocenters. The fourth-order valence-electron chi connectivity index (χ4n) is 4.74. The molecule has 0 spiro atoms. The van der Waals surface area contributed by atoms with Crippen LogP contribution in [0, 0.1) is 0 Å². The van der Waals surface area contributed by atoms with Gasteiger partial charge in [-0.25, -0.2) is 0 Å². The van der Waals surface area contributed by atoms with Crippen molar-refractivity contribution in [3.8, 4) is 0 Å². The highest BCUT2D eigenvalue weighted by Crippen LogP contribution is 2.45. The van der Waals surface area contributed by atoms with Crippen LogP contribution in [-0.2, 0) is 14.3 Å². The van der Waals surface area contributed by atoms with Crippen LogP contribution in [-0.4, -0.2) is 25.0 Å². The predicted molar refractivity (Wildman–Crippen MR) is 123 cm³/mol. The van der Waals surface area contributed by atoms with Crippen molar-refractivity contribution in [2.45, 2.75) is 19.3 Å². The minimum Gasteiger partial charge on any atom is -0.465 e. The number of hydrogen-bond acceptors (Lipinski definition) is 3. The van der Waals surface area contributed by atoms with E-state index in [1.807, 2.05) is 36.4 Å². The number of esters is 1. The minimum atomic E-state index is -0.390. The van der Waals surface area contributed by atoms with E-state index in [4.69, 9.17) is 4.74 Å². The Hall–Kier alpha value is -3.66. The molecule has 1 heterocycles. The summed E-state index contributed by atoms with van der Waals surface area (Å²) in [7, 11) is 0. The molecule has 0 fully saturated rings. The van der Waals surface area contributed by atoms with Crippen LogP contribution in [0.4, 0.5) is 5.69 Å². The van der Waals surface area contributed by atoms with Gasteiger partial charge in [0.1, 0.15) is 6.54 Å². The highest BCUT2D eigenvalue weighted by Gasteiger charge is 2.35. The summed E-state index contributed by atoms with van der Waals surface area (Å²) in [5.74, 6) is -0.537. The Morgan fingerprint density at radius 1 is 0.903 bits per heavy atom. The topological polar surface area (TPSA) is 46.6 Å². The van der Waals surface area contributed by atoms with Gasteiger partial charge in [-0.05, 0) is 45.7 Å². The number of benzene rings is 4. The summed E-state index contributed by atoms with van der Waals surface area (Å²) in [5.41, 5.74) is 3.03. The zero-order chi connectivity index (χ0) is 21.4. The Labute approximate surface area is 181 Å². The van der Waals surface area contributed by atoms with Crippen molar-refractivity contribution in [3.05, 3.63) is 90.0 Å². The molecule has 1 atom stereocenters. The lowest BCUT2D eigenvalue weighted by molar-refractivity contribution is -0.142. The summed E-state index contributed by atoms with van der Waals surface area (Å²) >= 11 is 0. The van der Waals surface area contributed by atoms with Crippen LogP contribution in [0.5, 0.6) is 0 Å². The van der Waals surface area contributed by atoms with Gasteiger partial charge >= 0.3 is 5.97 Å². The van der Waals surface area contributed by atoms with E-state index < -0.39 is 5.97 Å². The van der Waals surface area contributed by atoms with Crippen molar-refractivity contribution < 1.29 is 14.3 Å². The number of nitrogens with zero attached hydrogens (tertiary/aromatic N) is 1. The molecule has 154 valence electrons. The molecule has 4 aromatic rings. The van der Waals surface area contributed by atoms with Gasteiger partial charge in [-0.2, -0.15) is 0 Å². The van der Waals surface area contributed by atoms with Crippen LogP contribution >= 0.6 is 0 Å². The summed E-state index contributed by atoms with van der Waals surface area (Å²) in [6.07, 6.45) is 0.314. The quantitative estimate of drug-likeness (QED) is 0.423. The SMILES string of the molecule is CCOC(=O)CN1C(=O)CC(c2cccc3ccccc23)c2c1ccc1ccccc21. The van der Waals surface area contributed by atoms with Gasteiger partial charge in [-0.3, -0.25) is 9.59 Å². The number of carbonyl (C=O) groups excluding carboxylic acids is 2. The summed E-state index contributed by atoms with van der Waals surface area (Å²) in [6.45, 7) is 2.00. The molecule has 0 bridgehead atoms. The smallest absolute Gasteiger partial charge is 0.326 e. The fraction of sp³-hybridized carbons (Fsp3) is 0.185. The van der Waals surface area contributed by atoms with Crippen LogP contribution in [0.15, 0.2) is 78.9 Å². The summed E-state index contributed by atoms with van der Waals surface area (Å²) < 4.78 is 5.13. The maximum atomic E-state index is 13.3. The van der Waals surface area contributed by atoms with Crippen LogP contribution < -0.4 is 4.90 Å². The van der Waals surface area contributed by atoms with Gasteiger partial charge < -0.3 is 9.64 Å². The summed E-state index contributed by atoms with van der Waals surface area (Å²) in [4.78, 5) is 27.1. The lowest BCUT2D eigenvalue weighted by Crippen LogP contribution is -2.41. The highest BCUT2D eigenvalue weighted by atomic mass is 16.5. The molecular weight excluding hydrogens is 386 g/mol. The van der Waals surface area contributed by atoms with E-state index in [2.05, 4.69) is 42.5 Å². The normalized spacial score (nSPS) is 15.8. The first-order valence-electron chi connectivity index (χ1n) is 10.6. The molecule has 1 amide bonds. The minimum absolute atomic E-state index is 0.0613. The van der Waals surface area contributed by atoms with E-state index in [0.29, 0.717) is 13.0 Å². The number of anilines is 1. The van der Waals surface area contributed by atoms with E-state index >= 15 is 0 Å². The third-order valence-electron chi connectivity index (χ3n) is 6.06. The van der Waals surface area contributed by atoms with Gasteiger partial charge in [0.15, 0.2) is 0 Å². The van der Waals surface area contributed by atoms with Crippen molar-refractivity contribution >= 4 is 39.1 Å². The van der Waals surface area contributed by atoms with Crippen molar-refractivity contribution in [2.24, 2.45) is 0 Å². The third-order valence-corrected chi connectivity index (χ3v) is 6.06. The molecule has 4 nitrogen and oxygen atoms in total. The number of carbonyl (C=O) groups is 2. The number of amides is 1. The summed E-state index contributed by atoms with van der Waals surface area (Å²) in [6, 6.07) is 26.8. The van der Waals surface area contributed by atoms with Crippen LogP contribution in [0.1, 0.15) is 30.4 Å². The molecule has 5 rings (SSSR count). The fourth-order valence-corrected chi connectivity index (χ4v) is 4.74. The Morgan fingerprint density at radius 3 is 2.35 bits per heavy atom. The predicted octanol–water partition coefficient (Wildman–Crippen LogP) is 5.42. The Balaban J connectivity index is 1.73. The Kier molecular flexibility index (Phi) is 4.91. The van der Waals surface area contributed by atoms with Crippen molar-refractivity contribution in [1.82, 2.24) is 0 Å². The summed E-state index contributed by atoms with van der Waals surface area (Å²) in [5, 5.41) is 4.54. The zero-order valence-electron chi connectivity index (χ0n) is 17.4. The highest BCUT2D eigenvalue weighted by molar-refractivity contribution is 6.06. The van der Waals surface area contributed by atoms with Crippen LogP contribution in [0.25, 0.3) is 21.5 Å². The molecule has 0 saturated heterocycles. The molecule has 1 aliphatic heterocycles. The van der Waals surface area contributed by atoms with E-state index in [1.165, 1.54) is 0 Å². The number of rotatable bonds is 4. The number of fused-ring (bicyclic) bond motifs is 4. The van der Waals surface area contributed by atoms with Gasteiger partial charge in [0.05, 0.1) is 6.61 Å². The van der Waals surface area contributed by atoms with Crippen molar-refractivity contribution in [3.63, 3.8) is 0 Å². The van der Waals surface area contributed by atoms with Gasteiger partial charge in [0.25, 0.3) is 0 Å². The van der Waals surface area contributed by atoms with Crippen LogP contribution in [0.2, 0.25) is 0 Å².